The number of nitrogens with one attached hydrogen (secondary N) is 2. The van der Waals surface area contributed by atoms with E-state index < -0.39 is 11.9 Å². The van der Waals surface area contributed by atoms with Crippen LogP contribution in [0.1, 0.15) is 114 Å². The minimum Gasteiger partial charge on any atom is -0.462 e. The Balaban J connectivity index is 2.04. The molecule has 0 aromatic heterocycles. The van der Waals surface area contributed by atoms with Crippen LogP contribution in [0.15, 0.2) is 0 Å². The van der Waals surface area contributed by atoms with Crippen molar-refractivity contribution in [3.05, 3.63) is 0 Å². The number of esters is 2. The molecule has 0 saturated carbocycles. The summed E-state index contributed by atoms with van der Waals surface area (Å²) in [6, 6.07) is 0. The first-order chi connectivity index (χ1) is 15.2. The fourth-order valence-corrected chi connectivity index (χ4v) is 5.88. The SMILES string of the molecule is CCC1(C)CC(OC(=O)CC(=O)OC2CC(C)(CC)NC(C)(CC)C2C)C(C)C(C)(CC)N1. The molecule has 2 aliphatic heterocycles. The maximum atomic E-state index is 12.8. The lowest BCUT2D eigenvalue weighted by atomic mass is 9.70. The molecular weight excluding hydrogens is 416 g/mol. The van der Waals surface area contributed by atoms with E-state index in [0.717, 1.165) is 38.5 Å². The minimum absolute atomic E-state index is 0.0948. The van der Waals surface area contributed by atoms with E-state index in [1.54, 1.807) is 0 Å². The lowest BCUT2D eigenvalue weighted by molar-refractivity contribution is -0.170. The third kappa shape index (κ3) is 6.11. The second kappa shape index (κ2) is 10.2. The number of carbonyl (C=O) groups excluding carboxylic acids is 2. The molecule has 6 heteroatoms. The first-order valence-corrected chi connectivity index (χ1v) is 13.2. The van der Waals surface area contributed by atoms with E-state index in [1.165, 1.54) is 0 Å². The van der Waals surface area contributed by atoms with Gasteiger partial charge in [0.15, 0.2) is 0 Å². The van der Waals surface area contributed by atoms with Gasteiger partial charge in [-0.15, -0.1) is 0 Å². The van der Waals surface area contributed by atoms with Crippen molar-refractivity contribution in [2.45, 2.75) is 149 Å². The van der Waals surface area contributed by atoms with E-state index in [9.17, 15) is 9.59 Å². The van der Waals surface area contributed by atoms with Crippen molar-refractivity contribution in [3.8, 4) is 0 Å². The Bertz CT molecular complexity index is 656. The van der Waals surface area contributed by atoms with Crippen LogP contribution in [0.25, 0.3) is 0 Å². The fourth-order valence-electron chi connectivity index (χ4n) is 5.88. The Morgan fingerprint density at radius 2 is 1.03 bits per heavy atom. The Morgan fingerprint density at radius 3 is 1.30 bits per heavy atom. The predicted octanol–water partition coefficient (Wildman–Crippen LogP) is 5.13. The van der Waals surface area contributed by atoms with Gasteiger partial charge in [-0.25, -0.2) is 0 Å². The molecule has 192 valence electrons. The van der Waals surface area contributed by atoms with E-state index in [0.29, 0.717) is 0 Å². The zero-order valence-corrected chi connectivity index (χ0v) is 22.9. The molecule has 2 saturated heterocycles. The zero-order valence-electron chi connectivity index (χ0n) is 22.9. The van der Waals surface area contributed by atoms with Crippen molar-refractivity contribution in [3.63, 3.8) is 0 Å². The van der Waals surface area contributed by atoms with Crippen molar-refractivity contribution in [1.29, 1.82) is 0 Å². The van der Waals surface area contributed by atoms with Crippen LogP contribution >= 0.6 is 0 Å². The molecule has 0 spiro atoms. The van der Waals surface area contributed by atoms with Crippen LogP contribution in [-0.4, -0.2) is 46.3 Å². The Morgan fingerprint density at radius 1 is 0.697 bits per heavy atom. The van der Waals surface area contributed by atoms with Gasteiger partial charge in [0, 0.05) is 46.8 Å². The average Bonchev–Trinajstić information content (AvgIpc) is 2.75. The van der Waals surface area contributed by atoms with Gasteiger partial charge >= 0.3 is 11.9 Å². The average molecular weight is 467 g/mol. The monoisotopic (exact) mass is 466 g/mol. The summed E-state index contributed by atoms with van der Waals surface area (Å²) in [7, 11) is 0. The van der Waals surface area contributed by atoms with Gasteiger partial charge in [0.2, 0.25) is 0 Å². The van der Waals surface area contributed by atoms with Gasteiger partial charge < -0.3 is 20.1 Å². The lowest BCUT2D eigenvalue weighted by Gasteiger charge is -2.53. The highest BCUT2D eigenvalue weighted by molar-refractivity contribution is 5.91. The van der Waals surface area contributed by atoms with Gasteiger partial charge in [-0.1, -0.05) is 41.5 Å². The van der Waals surface area contributed by atoms with Crippen LogP contribution < -0.4 is 10.6 Å². The van der Waals surface area contributed by atoms with Crippen molar-refractivity contribution >= 4 is 11.9 Å². The van der Waals surface area contributed by atoms with Gasteiger partial charge in [0.05, 0.1) is 0 Å². The maximum Gasteiger partial charge on any atom is 0.317 e. The van der Waals surface area contributed by atoms with E-state index >= 15 is 0 Å². The van der Waals surface area contributed by atoms with Crippen molar-refractivity contribution < 1.29 is 19.1 Å². The molecule has 2 aliphatic rings. The molecule has 33 heavy (non-hydrogen) atoms. The number of hydrogen-bond donors (Lipinski definition) is 2. The molecule has 0 bridgehead atoms. The van der Waals surface area contributed by atoms with E-state index in [1.807, 2.05) is 0 Å². The highest BCUT2D eigenvalue weighted by Crippen LogP contribution is 2.40. The van der Waals surface area contributed by atoms with Gasteiger partial charge in [-0.3, -0.25) is 9.59 Å². The van der Waals surface area contributed by atoms with E-state index in [2.05, 4.69) is 79.9 Å². The number of rotatable bonds is 8. The predicted molar refractivity (Wildman–Crippen MR) is 133 cm³/mol. The largest absolute Gasteiger partial charge is 0.462 e. The van der Waals surface area contributed by atoms with Gasteiger partial charge in [-0.05, 0) is 53.4 Å². The summed E-state index contributed by atoms with van der Waals surface area (Å²) in [5, 5.41) is 7.59. The first-order valence-electron chi connectivity index (χ1n) is 13.2. The third-order valence-electron chi connectivity index (χ3n) is 9.49. The summed E-state index contributed by atoms with van der Waals surface area (Å²) in [6.45, 7) is 21.7. The van der Waals surface area contributed by atoms with Gasteiger partial charge in [0.25, 0.3) is 0 Å². The van der Waals surface area contributed by atoms with Crippen molar-refractivity contribution in [2.75, 3.05) is 0 Å². The molecule has 0 aromatic rings. The lowest BCUT2D eigenvalue weighted by Crippen LogP contribution is -2.66. The summed E-state index contributed by atoms with van der Waals surface area (Å²) in [6.07, 6.45) is 4.52. The Hall–Kier alpha value is -1.14. The van der Waals surface area contributed by atoms with Crippen LogP contribution in [0.5, 0.6) is 0 Å². The normalized spacial score (nSPS) is 43.7. The number of hydrogen-bond acceptors (Lipinski definition) is 6. The topological polar surface area (TPSA) is 76.7 Å². The van der Waals surface area contributed by atoms with E-state index in [-0.39, 0.29) is 52.6 Å². The summed E-state index contributed by atoms with van der Waals surface area (Å²) in [5.74, 6) is -0.647. The van der Waals surface area contributed by atoms with E-state index in [4.69, 9.17) is 9.47 Å². The van der Waals surface area contributed by atoms with Gasteiger partial charge in [0.1, 0.15) is 18.6 Å². The molecule has 0 aromatic carbocycles. The van der Waals surface area contributed by atoms with Crippen LogP contribution in [-0.2, 0) is 19.1 Å². The minimum atomic E-state index is -0.478. The van der Waals surface area contributed by atoms with Crippen molar-refractivity contribution in [2.24, 2.45) is 11.8 Å². The second-order valence-corrected chi connectivity index (χ2v) is 11.8. The number of carbonyl (C=O) groups is 2. The molecule has 0 aliphatic carbocycles. The molecule has 6 nitrogen and oxygen atoms in total. The molecule has 2 heterocycles. The van der Waals surface area contributed by atoms with Crippen LogP contribution in [0.4, 0.5) is 0 Å². The van der Waals surface area contributed by atoms with Crippen LogP contribution in [0.2, 0.25) is 0 Å². The van der Waals surface area contributed by atoms with Crippen molar-refractivity contribution in [1.82, 2.24) is 10.6 Å². The molecule has 8 atom stereocenters. The fraction of sp³-hybridized carbons (Fsp3) is 0.926. The smallest absolute Gasteiger partial charge is 0.317 e. The number of ether oxygens (including phenoxy) is 2. The standard InChI is InChI=1S/C27H50N2O4/c1-11-24(7)16-20(18(5)26(9,13-3)28-24)32-22(30)15-23(31)33-21-17-25(8,12-2)29-27(10,14-4)19(21)6/h18-21,28-29H,11-17H2,1-10H3. The molecule has 2 N–H and O–H groups in total. The summed E-state index contributed by atoms with van der Waals surface area (Å²) in [5.41, 5.74) is -0.423. The molecule has 0 amide bonds. The third-order valence-corrected chi connectivity index (χ3v) is 9.49. The quantitative estimate of drug-likeness (QED) is 0.381. The molecule has 8 unspecified atom stereocenters. The zero-order chi connectivity index (χ0) is 25.2. The highest BCUT2D eigenvalue weighted by atomic mass is 16.6. The second-order valence-electron chi connectivity index (χ2n) is 11.8. The maximum absolute atomic E-state index is 12.8. The van der Waals surface area contributed by atoms with Crippen LogP contribution in [0, 0.1) is 11.8 Å². The highest BCUT2D eigenvalue weighted by Gasteiger charge is 2.49. The molecular formula is C27H50N2O4. The summed E-state index contributed by atoms with van der Waals surface area (Å²) in [4.78, 5) is 25.6. The molecule has 2 fully saturated rings. The summed E-state index contributed by atoms with van der Waals surface area (Å²) >= 11 is 0. The van der Waals surface area contributed by atoms with Gasteiger partial charge in [-0.2, -0.15) is 0 Å². The first kappa shape index (κ1) is 28.1. The summed E-state index contributed by atoms with van der Waals surface area (Å²) < 4.78 is 11.8. The Labute approximate surface area is 202 Å². The molecule has 0 radical (unpaired) electrons. The Kier molecular flexibility index (Phi) is 8.71. The number of piperidine rings is 2. The molecule has 2 rings (SSSR count). The van der Waals surface area contributed by atoms with Crippen LogP contribution in [0.3, 0.4) is 0 Å².